The van der Waals surface area contributed by atoms with Crippen molar-refractivity contribution in [1.29, 1.82) is 0 Å². The molecule has 0 saturated heterocycles. The molecular weight excluding hydrogens is 192 g/mol. The molecule has 1 unspecified atom stereocenters. The van der Waals surface area contributed by atoms with Gasteiger partial charge in [-0.15, -0.1) is 0 Å². The van der Waals surface area contributed by atoms with Crippen LogP contribution >= 0.6 is 0 Å². The fourth-order valence-electron chi connectivity index (χ4n) is 1.02. The van der Waals surface area contributed by atoms with Gasteiger partial charge in [-0.1, -0.05) is 0 Å². The molecule has 92 valence electrons. The summed E-state index contributed by atoms with van der Waals surface area (Å²) in [5.74, 6) is 0. The van der Waals surface area contributed by atoms with Gasteiger partial charge in [0.15, 0.2) is 0 Å². The molecule has 4 heteroatoms. The van der Waals surface area contributed by atoms with E-state index in [0.717, 1.165) is 6.54 Å². The lowest BCUT2D eigenvalue weighted by Gasteiger charge is -2.33. The van der Waals surface area contributed by atoms with Crippen molar-refractivity contribution in [2.45, 2.75) is 32.4 Å². The molecule has 0 spiro atoms. The molecule has 15 heavy (non-hydrogen) atoms. The first-order valence-corrected chi connectivity index (χ1v) is 5.54. The average molecular weight is 218 g/mol. The molecule has 0 aromatic rings. The zero-order chi connectivity index (χ0) is 11.9. The topological polar surface area (TPSA) is 44.7 Å². The van der Waals surface area contributed by atoms with Gasteiger partial charge in [0.1, 0.15) is 0 Å². The lowest BCUT2D eigenvalue weighted by atomic mass is 10.0. The fraction of sp³-hybridized carbons (Fsp3) is 1.00. The van der Waals surface area contributed by atoms with Gasteiger partial charge in [-0.05, 0) is 34.9 Å². The molecule has 0 radical (unpaired) electrons. The van der Waals surface area contributed by atoms with Crippen molar-refractivity contribution in [3.8, 4) is 0 Å². The first-order valence-electron chi connectivity index (χ1n) is 5.54. The molecule has 4 nitrogen and oxygen atoms in total. The lowest BCUT2D eigenvalue weighted by molar-refractivity contribution is 0.0409. The number of hydrogen-bond donors (Lipinski definition) is 2. The Morgan fingerprint density at radius 1 is 1.40 bits per heavy atom. The zero-order valence-corrected chi connectivity index (χ0v) is 10.7. The molecule has 0 aliphatic carbocycles. The summed E-state index contributed by atoms with van der Waals surface area (Å²) in [4.78, 5) is 2.16. The maximum absolute atomic E-state index is 9.51. The minimum atomic E-state index is -0.414. The van der Waals surface area contributed by atoms with Gasteiger partial charge in [0.25, 0.3) is 0 Å². The highest BCUT2D eigenvalue weighted by Crippen LogP contribution is 2.07. The predicted octanol–water partition coefficient (Wildman–Crippen LogP) is 0.314. The second-order valence-electron chi connectivity index (χ2n) is 4.65. The molecule has 0 heterocycles. The van der Waals surface area contributed by atoms with E-state index < -0.39 is 6.10 Å². The van der Waals surface area contributed by atoms with Crippen LogP contribution in [-0.4, -0.2) is 62.0 Å². The Balaban J connectivity index is 3.60. The summed E-state index contributed by atoms with van der Waals surface area (Å²) in [6.45, 7) is 8.74. The molecule has 0 fully saturated rings. The van der Waals surface area contributed by atoms with Crippen molar-refractivity contribution in [2.75, 3.05) is 40.4 Å². The Kier molecular flexibility index (Phi) is 7.09. The molecule has 0 bridgehead atoms. The van der Waals surface area contributed by atoms with Crippen LogP contribution in [0.1, 0.15) is 20.8 Å². The van der Waals surface area contributed by atoms with Gasteiger partial charge < -0.3 is 20.1 Å². The summed E-state index contributed by atoms with van der Waals surface area (Å²) in [6.07, 6.45) is -0.414. The number of nitrogens with one attached hydrogen (secondary N) is 1. The van der Waals surface area contributed by atoms with Crippen molar-refractivity contribution < 1.29 is 9.84 Å². The molecule has 0 aliphatic rings. The second-order valence-corrected chi connectivity index (χ2v) is 4.65. The Morgan fingerprint density at radius 3 is 2.47 bits per heavy atom. The van der Waals surface area contributed by atoms with Crippen molar-refractivity contribution in [2.24, 2.45) is 0 Å². The Labute approximate surface area is 93.6 Å². The maximum Gasteiger partial charge on any atom is 0.0897 e. The Hall–Kier alpha value is -0.160. The smallest absolute Gasteiger partial charge is 0.0897 e. The number of ether oxygens (including phenoxy) is 1. The van der Waals surface area contributed by atoms with Gasteiger partial charge in [0.2, 0.25) is 0 Å². The van der Waals surface area contributed by atoms with Crippen molar-refractivity contribution >= 4 is 0 Å². The van der Waals surface area contributed by atoms with Gasteiger partial charge in [-0.2, -0.15) is 0 Å². The minimum absolute atomic E-state index is 0.103. The number of aliphatic hydroxyl groups is 1. The standard InChI is InChI=1S/C11H26N2O2/c1-6-15-8-10(14)7-12-9-11(2,3)13(4)5/h10,12,14H,6-9H2,1-5H3. The van der Waals surface area contributed by atoms with E-state index in [0.29, 0.717) is 19.8 Å². The van der Waals surface area contributed by atoms with Gasteiger partial charge >= 0.3 is 0 Å². The third kappa shape index (κ3) is 6.84. The molecule has 1 atom stereocenters. The summed E-state index contributed by atoms with van der Waals surface area (Å²) >= 11 is 0. The van der Waals surface area contributed by atoms with E-state index in [1.807, 2.05) is 6.92 Å². The number of likely N-dealkylation sites (N-methyl/N-ethyl adjacent to an activating group) is 1. The van der Waals surface area contributed by atoms with E-state index in [4.69, 9.17) is 4.74 Å². The summed E-state index contributed by atoms with van der Waals surface area (Å²) < 4.78 is 5.12. The summed E-state index contributed by atoms with van der Waals surface area (Å²) in [5.41, 5.74) is 0.103. The Morgan fingerprint density at radius 2 is 2.00 bits per heavy atom. The Bertz CT molecular complexity index is 161. The van der Waals surface area contributed by atoms with Crippen LogP contribution < -0.4 is 5.32 Å². The van der Waals surface area contributed by atoms with Gasteiger partial charge in [-0.3, -0.25) is 0 Å². The first kappa shape index (κ1) is 14.8. The van der Waals surface area contributed by atoms with E-state index in [1.54, 1.807) is 0 Å². The highest BCUT2D eigenvalue weighted by Gasteiger charge is 2.19. The van der Waals surface area contributed by atoms with E-state index in [2.05, 4.69) is 38.2 Å². The quantitative estimate of drug-likeness (QED) is 0.615. The van der Waals surface area contributed by atoms with E-state index in [9.17, 15) is 5.11 Å². The summed E-state index contributed by atoms with van der Waals surface area (Å²) in [5, 5.41) is 12.8. The highest BCUT2D eigenvalue weighted by atomic mass is 16.5. The third-order valence-electron chi connectivity index (χ3n) is 2.66. The summed E-state index contributed by atoms with van der Waals surface area (Å²) in [7, 11) is 4.11. The zero-order valence-electron chi connectivity index (χ0n) is 10.7. The number of rotatable bonds is 8. The molecule has 0 rings (SSSR count). The van der Waals surface area contributed by atoms with Crippen LogP contribution in [0.25, 0.3) is 0 Å². The van der Waals surface area contributed by atoms with Crippen LogP contribution in [0.2, 0.25) is 0 Å². The lowest BCUT2D eigenvalue weighted by Crippen LogP contribution is -2.48. The van der Waals surface area contributed by atoms with Crippen LogP contribution in [-0.2, 0) is 4.74 Å². The molecule has 0 saturated carbocycles. The van der Waals surface area contributed by atoms with Gasteiger partial charge in [-0.25, -0.2) is 0 Å². The van der Waals surface area contributed by atoms with Crippen LogP contribution in [0.5, 0.6) is 0 Å². The normalized spacial score (nSPS) is 14.6. The van der Waals surface area contributed by atoms with Crippen LogP contribution in [0.3, 0.4) is 0 Å². The molecule has 0 aliphatic heterocycles. The predicted molar refractivity (Wildman–Crippen MR) is 63.1 cm³/mol. The van der Waals surface area contributed by atoms with Crippen molar-refractivity contribution in [3.05, 3.63) is 0 Å². The number of aliphatic hydroxyl groups excluding tert-OH is 1. The summed E-state index contributed by atoms with van der Waals surface area (Å²) in [6, 6.07) is 0. The molecular formula is C11H26N2O2. The largest absolute Gasteiger partial charge is 0.389 e. The molecule has 2 N–H and O–H groups in total. The number of nitrogens with zero attached hydrogens (tertiary/aromatic N) is 1. The van der Waals surface area contributed by atoms with Crippen LogP contribution in [0.15, 0.2) is 0 Å². The fourth-order valence-corrected chi connectivity index (χ4v) is 1.02. The average Bonchev–Trinajstić information content (AvgIpc) is 2.14. The van der Waals surface area contributed by atoms with Crippen molar-refractivity contribution in [1.82, 2.24) is 10.2 Å². The van der Waals surface area contributed by atoms with Crippen LogP contribution in [0, 0.1) is 0 Å². The molecule has 0 amide bonds. The monoisotopic (exact) mass is 218 g/mol. The molecule has 0 aromatic heterocycles. The minimum Gasteiger partial charge on any atom is -0.389 e. The number of hydrogen-bond acceptors (Lipinski definition) is 4. The second kappa shape index (κ2) is 7.17. The van der Waals surface area contributed by atoms with E-state index >= 15 is 0 Å². The van der Waals surface area contributed by atoms with E-state index in [-0.39, 0.29) is 5.54 Å². The molecule has 0 aromatic carbocycles. The first-order chi connectivity index (χ1) is 6.90. The third-order valence-corrected chi connectivity index (χ3v) is 2.66. The highest BCUT2D eigenvalue weighted by molar-refractivity contribution is 4.80. The van der Waals surface area contributed by atoms with Gasteiger partial charge in [0, 0.05) is 25.2 Å². The van der Waals surface area contributed by atoms with Gasteiger partial charge in [0.05, 0.1) is 12.7 Å². The van der Waals surface area contributed by atoms with E-state index in [1.165, 1.54) is 0 Å². The van der Waals surface area contributed by atoms with Crippen molar-refractivity contribution in [3.63, 3.8) is 0 Å². The van der Waals surface area contributed by atoms with Crippen LogP contribution in [0.4, 0.5) is 0 Å². The SMILES string of the molecule is CCOCC(O)CNCC(C)(C)N(C)C. The maximum atomic E-state index is 9.51.